The number of halogens is 2. The van der Waals surface area contributed by atoms with Crippen molar-refractivity contribution in [2.45, 2.75) is 51.7 Å². The maximum absolute atomic E-state index is 14.0. The lowest BCUT2D eigenvalue weighted by atomic mass is 9.90. The van der Waals surface area contributed by atoms with Gasteiger partial charge in [-0.3, -0.25) is 4.52 Å². The molecule has 3 atom stereocenters. The monoisotopic (exact) mass is 422 g/mol. The van der Waals surface area contributed by atoms with E-state index in [1.807, 2.05) is 0 Å². The van der Waals surface area contributed by atoms with Gasteiger partial charge in [-0.25, -0.2) is 9.24 Å². The van der Waals surface area contributed by atoms with Crippen LogP contribution < -0.4 is 24.0 Å². The number of hydrogen-bond donors (Lipinski definition) is 0. The largest absolute Gasteiger partial charge is 1.00 e. The van der Waals surface area contributed by atoms with Crippen LogP contribution >= 0.6 is 7.83 Å². The molecule has 1 saturated carbocycles. The Bertz CT molecular complexity index is 340. The summed E-state index contributed by atoms with van der Waals surface area (Å²) in [6.45, 7) is 6.27. The van der Waals surface area contributed by atoms with Gasteiger partial charge in [-0.1, -0.05) is 6.42 Å². The molecule has 4 nitrogen and oxygen atoms in total. The standard InChI is InChI=1S/C13H29FN2O2P.HI/c1-6-16(5,7-2)12-10-8-9-11-13(12)18-19(14,17)15(3)4;/h12-13H,6-11H2,1-5H3;1H/q+1;/p-1/t12-,13-,19?;/m0./s1. The summed E-state index contributed by atoms with van der Waals surface area (Å²) in [6, 6.07) is 0.243. The van der Waals surface area contributed by atoms with Crippen LogP contribution in [-0.2, 0) is 9.09 Å². The molecule has 0 aromatic rings. The van der Waals surface area contributed by atoms with Gasteiger partial charge in [0.25, 0.3) is 0 Å². The van der Waals surface area contributed by atoms with E-state index in [-0.39, 0.29) is 36.1 Å². The van der Waals surface area contributed by atoms with Crippen molar-refractivity contribution in [2.75, 3.05) is 34.2 Å². The van der Waals surface area contributed by atoms with E-state index in [0.29, 0.717) is 0 Å². The molecule has 0 heterocycles. The minimum absolute atomic E-state index is 0. The summed E-state index contributed by atoms with van der Waals surface area (Å²) in [7, 11) is 0.977. The molecule has 122 valence electrons. The van der Waals surface area contributed by atoms with E-state index in [1.165, 1.54) is 14.1 Å². The van der Waals surface area contributed by atoms with Crippen molar-refractivity contribution in [2.24, 2.45) is 0 Å². The van der Waals surface area contributed by atoms with Crippen molar-refractivity contribution in [1.82, 2.24) is 4.67 Å². The summed E-state index contributed by atoms with van der Waals surface area (Å²) < 4.78 is 33.2. The van der Waals surface area contributed by atoms with Gasteiger partial charge < -0.3 is 28.5 Å². The number of quaternary nitrogens is 1. The SMILES string of the molecule is CC[N+](C)(CC)[C@H]1CCCC[C@@H]1OP(=O)(F)N(C)C.[I-]. The first-order chi connectivity index (χ1) is 8.77. The fourth-order valence-electron chi connectivity index (χ4n) is 2.87. The van der Waals surface area contributed by atoms with Gasteiger partial charge in [0.2, 0.25) is 0 Å². The summed E-state index contributed by atoms with van der Waals surface area (Å²) in [5.41, 5.74) is 0. The van der Waals surface area contributed by atoms with Crippen molar-refractivity contribution in [3.05, 3.63) is 0 Å². The van der Waals surface area contributed by atoms with Crippen molar-refractivity contribution in [1.29, 1.82) is 0 Å². The van der Waals surface area contributed by atoms with Gasteiger partial charge in [0, 0.05) is 6.42 Å². The summed E-state index contributed by atoms with van der Waals surface area (Å²) in [5, 5.41) is 0. The summed E-state index contributed by atoms with van der Waals surface area (Å²) in [6.07, 6.45) is 3.77. The Hall–Kier alpha value is 0.770. The second kappa shape index (κ2) is 8.42. The normalized spacial score (nSPS) is 26.9. The number of nitrogens with zero attached hydrogens (tertiary/aromatic N) is 2. The Morgan fingerprint density at radius 1 is 1.25 bits per heavy atom. The summed E-state index contributed by atoms with van der Waals surface area (Å²) in [4.78, 5) is 0. The lowest BCUT2D eigenvalue weighted by Crippen LogP contribution is -3.00. The average molecular weight is 422 g/mol. The molecule has 0 N–H and O–H groups in total. The molecule has 0 amide bonds. The second-order valence-corrected chi connectivity index (χ2v) is 7.82. The molecular weight excluding hydrogens is 393 g/mol. The van der Waals surface area contributed by atoms with Crippen LogP contribution in [0.15, 0.2) is 0 Å². The van der Waals surface area contributed by atoms with Gasteiger partial charge in [0.15, 0.2) is 0 Å². The molecule has 0 radical (unpaired) electrons. The molecule has 0 saturated heterocycles. The highest BCUT2D eigenvalue weighted by atomic mass is 127. The zero-order valence-electron chi connectivity index (χ0n) is 13.3. The molecule has 20 heavy (non-hydrogen) atoms. The number of hydrogen-bond acceptors (Lipinski definition) is 2. The van der Waals surface area contributed by atoms with E-state index in [1.54, 1.807) is 0 Å². The third-order valence-electron chi connectivity index (χ3n) is 4.66. The van der Waals surface area contributed by atoms with Gasteiger partial charge in [-0.05, 0) is 40.8 Å². The summed E-state index contributed by atoms with van der Waals surface area (Å²) in [5.74, 6) is 0. The van der Waals surface area contributed by atoms with Crippen LogP contribution in [0.1, 0.15) is 39.5 Å². The van der Waals surface area contributed by atoms with E-state index in [2.05, 4.69) is 20.9 Å². The Balaban J connectivity index is 0.00000361. The van der Waals surface area contributed by atoms with Crippen LogP contribution in [0.2, 0.25) is 0 Å². The van der Waals surface area contributed by atoms with Crippen molar-refractivity contribution in [3.8, 4) is 0 Å². The number of likely N-dealkylation sites (N-methyl/N-ethyl adjacent to an activating group) is 1. The molecular formula is C13H29FIN2O2P. The average Bonchev–Trinajstić information content (AvgIpc) is 2.38. The first-order valence-electron chi connectivity index (χ1n) is 7.27. The van der Waals surface area contributed by atoms with Crippen molar-refractivity contribution < 1.29 is 41.7 Å². The van der Waals surface area contributed by atoms with E-state index in [9.17, 15) is 8.76 Å². The smallest absolute Gasteiger partial charge is 0.445 e. The third kappa shape index (κ3) is 4.90. The van der Waals surface area contributed by atoms with Crippen LogP contribution in [0.5, 0.6) is 0 Å². The highest BCUT2D eigenvalue weighted by molar-refractivity contribution is 7.50. The van der Waals surface area contributed by atoms with E-state index in [0.717, 1.165) is 47.9 Å². The molecule has 1 aliphatic carbocycles. The molecule has 0 aromatic heterocycles. The van der Waals surface area contributed by atoms with Crippen LogP contribution in [0, 0.1) is 0 Å². The first-order valence-corrected chi connectivity index (χ1v) is 8.73. The van der Waals surface area contributed by atoms with Crippen molar-refractivity contribution in [3.63, 3.8) is 0 Å². The van der Waals surface area contributed by atoms with E-state index < -0.39 is 7.83 Å². The number of rotatable bonds is 6. The molecule has 7 heteroatoms. The molecule has 1 fully saturated rings. The van der Waals surface area contributed by atoms with E-state index >= 15 is 0 Å². The predicted octanol–water partition coefficient (Wildman–Crippen LogP) is 0.444. The zero-order valence-corrected chi connectivity index (χ0v) is 16.4. The van der Waals surface area contributed by atoms with Gasteiger partial charge in [0.1, 0.15) is 12.1 Å². The maximum Gasteiger partial charge on any atom is 0.445 e. The topological polar surface area (TPSA) is 29.5 Å². The van der Waals surface area contributed by atoms with Crippen LogP contribution in [0.4, 0.5) is 4.20 Å². The molecule has 1 unspecified atom stereocenters. The molecule has 0 aliphatic heterocycles. The molecule has 1 aliphatic rings. The minimum atomic E-state index is -4.14. The Morgan fingerprint density at radius 2 is 1.75 bits per heavy atom. The Kier molecular flexibility index (Phi) is 8.74. The highest BCUT2D eigenvalue weighted by Crippen LogP contribution is 2.53. The molecule has 1 rings (SSSR count). The minimum Gasteiger partial charge on any atom is -1.00 e. The quantitative estimate of drug-likeness (QED) is 0.354. The lowest BCUT2D eigenvalue weighted by molar-refractivity contribution is -0.934. The third-order valence-corrected chi connectivity index (χ3v) is 6.14. The predicted molar refractivity (Wildman–Crippen MR) is 76.8 cm³/mol. The molecule has 0 aromatic carbocycles. The molecule has 0 spiro atoms. The fourth-order valence-corrected chi connectivity index (χ4v) is 3.64. The van der Waals surface area contributed by atoms with Gasteiger partial charge in [0.05, 0.1) is 20.1 Å². The Morgan fingerprint density at radius 3 is 2.20 bits per heavy atom. The van der Waals surface area contributed by atoms with Gasteiger partial charge in [-0.2, -0.15) is 0 Å². The van der Waals surface area contributed by atoms with Crippen LogP contribution in [0.25, 0.3) is 0 Å². The fraction of sp³-hybridized carbons (Fsp3) is 1.00. The molecule has 0 bridgehead atoms. The highest BCUT2D eigenvalue weighted by Gasteiger charge is 2.43. The lowest BCUT2D eigenvalue weighted by Gasteiger charge is -2.45. The van der Waals surface area contributed by atoms with Crippen LogP contribution in [0.3, 0.4) is 0 Å². The van der Waals surface area contributed by atoms with Crippen LogP contribution in [-0.4, -0.2) is 55.5 Å². The second-order valence-electron chi connectivity index (χ2n) is 5.91. The zero-order chi connectivity index (χ0) is 14.7. The maximum atomic E-state index is 14.0. The first kappa shape index (κ1) is 20.8. The van der Waals surface area contributed by atoms with Gasteiger partial charge in [-0.15, -0.1) is 4.20 Å². The van der Waals surface area contributed by atoms with Crippen molar-refractivity contribution >= 4 is 7.83 Å². The van der Waals surface area contributed by atoms with E-state index in [4.69, 9.17) is 4.52 Å². The van der Waals surface area contributed by atoms with Gasteiger partial charge >= 0.3 is 7.83 Å². The summed E-state index contributed by atoms with van der Waals surface area (Å²) >= 11 is 0. The Labute approximate surface area is 140 Å².